The molecular weight excluding hydrogens is 470 g/mol. The summed E-state index contributed by atoms with van der Waals surface area (Å²) in [6, 6.07) is 30.0. The number of halogens is 1. The molecule has 0 unspecified atom stereocenters. The highest BCUT2D eigenvalue weighted by atomic mass is 35.5. The second-order valence-corrected chi connectivity index (χ2v) is 10.9. The van der Waals surface area contributed by atoms with Crippen LogP contribution in [0.1, 0.15) is 25.0 Å². The number of aromatic nitrogens is 3. The molecule has 3 nitrogen and oxygen atoms in total. The van der Waals surface area contributed by atoms with Crippen molar-refractivity contribution in [3.05, 3.63) is 101 Å². The van der Waals surface area contributed by atoms with E-state index in [9.17, 15) is 0 Å². The highest BCUT2D eigenvalue weighted by Gasteiger charge is 2.35. The molecule has 35 heavy (non-hydrogen) atoms. The van der Waals surface area contributed by atoms with Crippen molar-refractivity contribution in [1.29, 1.82) is 0 Å². The summed E-state index contributed by atoms with van der Waals surface area (Å²) in [7, 11) is 0. The first-order valence-electron chi connectivity index (χ1n) is 11.6. The second kappa shape index (κ2) is 7.45. The molecule has 4 aromatic carbocycles. The SMILES string of the molecule is CC1(C)c2ccccc2-c2ccc(-c3nc(Cl)nc(-c4ccc5c(c4)sc4ccccc45)n3)cc21. The normalized spacial score (nSPS) is 13.8. The minimum Gasteiger partial charge on any atom is -0.208 e. The molecule has 0 saturated carbocycles. The zero-order valence-corrected chi connectivity index (χ0v) is 20.8. The van der Waals surface area contributed by atoms with Crippen molar-refractivity contribution in [2.24, 2.45) is 0 Å². The number of rotatable bonds is 2. The van der Waals surface area contributed by atoms with Crippen molar-refractivity contribution < 1.29 is 0 Å². The summed E-state index contributed by atoms with van der Waals surface area (Å²) in [5.74, 6) is 1.17. The molecule has 0 radical (unpaired) electrons. The fourth-order valence-electron chi connectivity index (χ4n) is 5.32. The van der Waals surface area contributed by atoms with Crippen LogP contribution in [0.25, 0.3) is 54.1 Å². The average molecular weight is 490 g/mol. The predicted octanol–water partition coefficient (Wildman–Crippen LogP) is 8.53. The fraction of sp³-hybridized carbons (Fsp3) is 0.100. The van der Waals surface area contributed by atoms with Gasteiger partial charge in [0.2, 0.25) is 5.28 Å². The van der Waals surface area contributed by atoms with Gasteiger partial charge in [0.15, 0.2) is 11.6 Å². The molecular formula is C30H20ClN3S. The molecule has 0 N–H and O–H groups in total. The van der Waals surface area contributed by atoms with Crippen LogP contribution in [0.3, 0.4) is 0 Å². The lowest BCUT2D eigenvalue weighted by Crippen LogP contribution is -2.15. The Morgan fingerprint density at radius 3 is 2.14 bits per heavy atom. The van der Waals surface area contributed by atoms with E-state index in [-0.39, 0.29) is 10.7 Å². The Kier molecular flexibility index (Phi) is 4.41. The van der Waals surface area contributed by atoms with E-state index >= 15 is 0 Å². The number of benzene rings is 4. The number of fused-ring (bicyclic) bond motifs is 6. The fourth-order valence-corrected chi connectivity index (χ4v) is 6.62. The van der Waals surface area contributed by atoms with Crippen LogP contribution in [-0.4, -0.2) is 15.0 Å². The average Bonchev–Trinajstić information content (AvgIpc) is 3.36. The molecule has 0 bridgehead atoms. The molecule has 6 aromatic rings. The smallest absolute Gasteiger partial charge is 0.208 e. The summed E-state index contributed by atoms with van der Waals surface area (Å²) in [6.45, 7) is 4.54. The molecule has 1 aliphatic carbocycles. The van der Waals surface area contributed by atoms with Gasteiger partial charge in [0.25, 0.3) is 0 Å². The van der Waals surface area contributed by atoms with Crippen LogP contribution in [0.15, 0.2) is 84.9 Å². The van der Waals surface area contributed by atoms with E-state index in [1.54, 1.807) is 11.3 Å². The van der Waals surface area contributed by atoms with Crippen LogP contribution in [0.5, 0.6) is 0 Å². The zero-order valence-electron chi connectivity index (χ0n) is 19.2. The van der Waals surface area contributed by atoms with Crippen LogP contribution >= 0.6 is 22.9 Å². The lowest BCUT2D eigenvalue weighted by atomic mass is 9.82. The Morgan fingerprint density at radius 1 is 0.629 bits per heavy atom. The van der Waals surface area contributed by atoms with Crippen molar-refractivity contribution in [3.8, 4) is 33.9 Å². The molecule has 1 aliphatic rings. The zero-order chi connectivity index (χ0) is 23.7. The Hall–Kier alpha value is -3.60. The topological polar surface area (TPSA) is 38.7 Å². The summed E-state index contributed by atoms with van der Waals surface area (Å²) in [6.07, 6.45) is 0. The third-order valence-electron chi connectivity index (χ3n) is 7.09. The quantitative estimate of drug-likeness (QED) is 0.244. The number of hydrogen-bond acceptors (Lipinski definition) is 4. The summed E-state index contributed by atoms with van der Waals surface area (Å²) in [5.41, 5.74) is 6.98. The molecule has 2 heterocycles. The molecule has 0 amide bonds. The maximum absolute atomic E-state index is 6.42. The first-order valence-corrected chi connectivity index (χ1v) is 12.8. The van der Waals surface area contributed by atoms with Crippen LogP contribution in [0.4, 0.5) is 0 Å². The van der Waals surface area contributed by atoms with Gasteiger partial charge in [-0.3, -0.25) is 0 Å². The molecule has 0 aliphatic heterocycles. The van der Waals surface area contributed by atoms with Gasteiger partial charge in [-0.1, -0.05) is 80.6 Å². The first-order chi connectivity index (χ1) is 17.0. The summed E-state index contributed by atoms with van der Waals surface area (Å²) in [4.78, 5) is 13.8. The van der Waals surface area contributed by atoms with E-state index < -0.39 is 0 Å². The van der Waals surface area contributed by atoms with Crippen molar-refractivity contribution in [2.45, 2.75) is 19.3 Å². The molecule has 5 heteroatoms. The van der Waals surface area contributed by atoms with Gasteiger partial charge in [0.05, 0.1) is 0 Å². The molecule has 168 valence electrons. The first kappa shape index (κ1) is 20.7. The minimum atomic E-state index is -0.0895. The molecule has 7 rings (SSSR count). The second-order valence-electron chi connectivity index (χ2n) is 9.49. The molecule has 0 fully saturated rings. The lowest BCUT2D eigenvalue weighted by Gasteiger charge is -2.21. The van der Waals surface area contributed by atoms with Crippen LogP contribution in [-0.2, 0) is 5.41 Å². The van der Waals surface area contributed by atoms with E-state index in [0.29, 0.717) is 11.6 Å². The van der Waals surface area contributed by atoms with E-state index in [0.717, 1.165) is 11.1 Å². The Labute approximate surface area is 212 Å². The van der Waals surface area contributed by atoms with E-state index in [1.807, 2.05) is 0 Å². The minimum absolute atomic E-state index is 0.0895. The number of thiophene rings is 1. The van der Waals surface area contributed by atoms with Gasteiger partial charge < -0.3 is 0 Å². The van der Waals surface area contributed by atoms with Gasteiger partial charge >= 0.3 is 0 Å². The Balaban J connectivity index is 1.35. The van der Waals surface area contributed by atoms with Crippen molar-refractivity contribution in [1.82, 2.24) is 15.0 Å². The van der Waals surface area contributed by atoms with Crippen molar-refractivity contribution >= 4 is 43.1 Å². The monoisotopic (exact) mass is 489 g/mol. The van der Waals surface area contributed by atoms with Gasteiger partial charge in [-0.15, -0.1) is 11.3 Å². The van der Waals surface area contributed by atoms with E-state index in [2.05, 4.69) is 109 Å². The standard InChI is InChI=1S/C30H20ClN3S/c1-30(2)23-9-5-3-7-19(23)20-13-11-17(15-24(20)30)27-32-28(34-29(31)33-27)18-12-14-22-21-8-4-6-10-25(21)35-26(22)16-18/h3-16H,1-2H3. The van der Waals surface area contributed by atoms with Crippen LogP contribution in [0.2, 0.25) is 5.28 Å². The van der Waals surface area contributed by atoms with E-state index in [1.165, 1.54) is 42.4 Å². The Bertz CT molecular complexity index is 1800. The highest BCUT2D eigenvalue weighted by molar-refractivity contribution is 7.25. The number of hydrogen-bond donors (Lipinski definition) is 0. The van der Waals surface area contributed by atoms with E-state index in [4.69, 9.17) is 16.6 Å². The van der Waals surface area contributed by atoms with Gasteiger partial charge in [-0.2, -0.15) is 9.97 Å². The molecule has 2 aromatic heterocycles. The largest absolute Gasteiger partial charge is 0.226 e. The van der Waals surface area contributed by atoms with Crippen molar-refractivity contribution in [2.75, 3.05) is 0 Å². The third kappa shape index (κ3) is 3.14. The van der Waals surface area contributed by atoms with Crippen LogP contribution < -0.4 is 0 Å². The van der Waals surface area contributed by atoms with Crippen molar-refractivity contribution in [3.63, 3.8) is 0 Å². The van der Waals surface area contributed by atoms with Crippen LogP contribution in [0, 0.1) is 0 Å². The summed E-state index contributed by atoms with van der Waals surface area (Å²) >= 11 is 8.20. The highest BCUT2D eigenvalue weighted by Crippen LogP contribution is 2.49. The van der Waals surface area contributed by atoms with Gasteiger partial charge in [-0.25, -0.2) is 4.98 Å². The lowest BCUT2D eigenvalue weighted by molar-refractivity contribution is 0.660. The maximum Gasteiger partial charge on any atom is 0.226 e. The third-order valence-corrected chi connectivity index (χ3v) is 8.39. The van der Waals surface area contributed by atoms with Gasteiger partial charge in [0, 0.05) is 36.7 Å². The molecule has 0 atom stereocenters. The van der Waals surface area contributed by atoms with Gasteiger partial charge in [-0.05, 0) is 52.1 Å². The Morgan fingerprint density at radius 2 is 1.29 bits per heavy atom. The molecule has 0 saturated heterocycles. The maximum atomic E-state index is 6.42. The summed E-state index contributed by atoms with van der Waals surface area (Å²) < 4.78 is 2.48. The number of nitrogens with zero attached hydrogens (tertiary/aromatic N) is 3. The summed E-state index contributed by atoms with van der Waals surface area (Å²) in [5, 5.41) is 2.72. The van der Waals surface area contributed by atoms with Gasteiger partial charge in [0.1, 0.15) is 0 Å². The molecule has 0 spiro atoms. The predicted molar refractivity (Wildman–Crippen MR) is 146 cm³/mol.